The van der Waals surface area contributed by atoms with Crippen LogP contribution in [-0.2, 0) is 11.4 Å². The van der Waals surface area contributed by atoms with Crippen LogP contribution in [0.3, 0.4) is 0 Å². The Bertz CT molecular complexity index is 1120. The van der Waals surface area contributed by atoms with Gasteiger partial charge in [-0.05, 0) is 48.9 Å². The molecule has 0 bridgehead atoms. The molecule has 4 aromatic rings. The van der Waals surface area contributed by atoms with Gasteiger partial charge in [-0.15, -0.1) is 10.2 Å². The average Bonchev–Trinajstić information content (AvgIpc) is 3.28. The van der Waals surface area contributed by atoms with Crippen molar-refractivity contribution in [1.82, 2.24) is 15.2 Å². The van der Waals surface area contributed by atoms with E-state index in [1.807, 2.05) is 60.7 Å². The Morgan fingerprint density at radius 3 is 2.61 bits per heavy atom. The van der Waals surface area contributed by atoms with Crippen molar-refractivity contribution in [2.75, 3.05) is 5.32 Å². The van der Waals surface area contributed by atoms with E-state index in [9.17, 15) is 4.79 Å². The monoisotopic (exact) mass is 432 g/mol. The number of ether oxygens (including phenoxy) is 1. The SMILES string of the molecule is C[C@@H](Sc1nnc(-c2cccnc2)o1)C(=O)Nc1ccc(OCc2ccccc2)cc1. The summed E-state index contributed by atoms with van der Waals surface area (Å²) >= 11 is 1.20. The van der Waals surface area contributed by atoms with Gasteiger partial charge in [-0.1, -0.05) is 42.1 Å². The van der Waals surface area contributed by atoms with Gasteiger partial charge in [0.15, 0.2) is 0 Å². The Hall–Kier alpha value is -3.65. The molecule has 0 aliphatic carbocycles. The van der Waals surface area contributed by atoms with Gasteiger partial charge >= 0.3 is 0 Å². The fourth-order valence-electron chi connectivity index (χ4n) is 2.69. The molecule has 0 radical (unpaired) electrons. The number of aromatic nitrogens is 3. The van der Waals surface area contributed by atoms with Gasteiger partial charge in [-0.2, -0.15) is 0 Å². The van der Waals surface area contributed by atoms with Crippen LogP contribution in [0.1, 0.15) is 12.5 Å². The molecule has 8 heteroatoms. The lowest BCUT2D eigenvalue weighted by Crippen LogP contribution is -2.22. The third-order valence-corrected chi connectivity index (χ3v) is 5.27. The second-order valence-electron chi connectivity index (χ2n) is 6.66. The third kappa shape index (κ3) is 5.70. The van der Waals surface area contributed by atoms with Crippen molar-refractivity contribution in [2.24, 2.45) is 0 Å². The van der Waals surface area contributed by atoms with Crippen LogP contribution in [0.4, 0.5) is 5.69 Å². The number of benzene rings is 2. The number of nitrogens with zero attached hydrogens (tertiary/aromatic N) is 3. The Balaban J connectivity index is 1.29. The summed E-state index contributed by atoms with van der Waals surface area (Å²) in [4.78, 5) is 16.6. The summed E-state index contributed by atoms with van der Waals surface area (Å²) in [7, 11) is 0. The molecule has 0 saturated heterocycles. The quantitative estimate of drug-likeness (QED) is 0.399. The lowest BCUT2D eigenvalue weighted by Gasteiger charge is -2.11. The Morgan fingerprint density at radius 1 is 1.06 bits per heavy atom. The smallest absolute Gasteiger partial charge is 0.277 e. The number of nitrogens with one attached hydrogen (secondary N) is 1. The largest absolute Gasteiger partial charge is 0.489 e. The number of anilines is 1. The highest BCUT2D eigenvalue weighted by molar-refractivity contribution is 8.00. The minimum absolute atomic E-state index is 0.163. The first-order chi connectivity index (χ1) is 15.2. The van der Waals surface area contributed by atoms with Crippen molar-refractivity contribution in [3.63, 3.8) is 0 Å². The molecule has 4 rings (SSSR count). The van der Waals surface area contributed by atoms with Crippen LogP contribution in [0, 0.1) is 0 Å². The molecule has 2 aromatic heterocycles. The highest BCUT2D eigenvalue weighted by atomic mass is 32.2. The second kappa shape index (κ2) is 9.90. The first-order valence-corrected chi connectivity index (χ1v) is 10.5. The number of amides is 1. The summed E-state index contributed by atoms with van der Waals surface area (Å²) in [5.74, 6) is 0.941. The number of carbonyl (C=O) groups is 1. The molecule has 0 saturated carbocycles. The number of carbonyl (C=O) groups excluding carboxylic acids is 1. The predicted octanol–water partition coefficient (Wildman–Crippen LogP) is 4.83. The number of hydrogen-bond acceptors (Lipinski definition) is 7. The highest BCUT2D eigenvalue weighted by Gasteiger charge is 2.19. The topological polar surface area (TPSA) is 90.1 Å². The molecule has 0 aliphatic rings. The maximum atomic E-state index is 12.5. The molecule has 2 aromatic carbocycles. The molecule has 0 fully saturated rings. The normalized spacial score (nSPS) is 11.6. The molecule has 0 spiro atoms. The lowest BCUT2D eigenvalue weighted by atomic mass is 10.2. The maximum absolute atomic E-state index is 12.5. The van der Waals surface area contributed by atoms with E-state index < -0.39 is 5.25 Å². The fraction of sp³-hybridized carbons (Fsp3) is 0.130. The van der Waals surface area contributed by atoms with Crippen LogP contribution in [0.25, 0.3) is 11.5 Å². The first kappa shape index (κ1) is 20.6. The van der Waals surface area contributed by atoms with E-state index in [2.05, 4.69) is 20.5 Å². The van der Waals surface area contributed by atoms with Crippen LogP contribution < -0.4 is 10.1 Å². The van der Waals surface area contributed by atoms with Crippen LogP contribution >= 0.6 is 11.8 Å². The maximum Gasteiger partial charge on any atom is 0.277 e. The summed E-state index contributed by atoms with van der Waals surface area (Å²) in [6.07, 6.45) is 3.31. The van der Waals surface area contributed by atoms with E-state index in [-0.39, 0.29) is 5.91 Å². The molecular formula is C23H20N4O3S. The minimum atomic E-state index is -0.420. The van der Waals surface area contributed by atoms with Crippen molar-refractivity contribution < 1.29 is 13.9 Å². The third-order valence-electron chi connectivity index (χ3n) is 4.33. The zero-order valence-electron chi connectivity index (χ0n) is 16.8. The van der Waals surface area contributed by atoms with Crippen LogP contribution in [-0.4, -0.2) is 26.3 Å². The fourth-order valence-corrected chi connectivity index (χ4v) is 3.37. The van der Waals surface area contributed by atoms with E-state index in [0.717, 1.165) is 16.9 Å². The average molecular weight is 433 g/mol. The van der Waals surface area contributed by atoms with Crippen LogP contribution in [0.5, 0.6) is 5.75 Å². The van der Waals surface area contributed by atoms with Gasteiger partial charge in [0.25, 0.3) is 5.22 Å². The number of pyridine rings is 1. The molecule has 1 amide bonds. The van der Waals surface area contributed by atoms with Crippen molar-refractivity contribution in [1.29, 1.82) is 0 Å². The molecular weight excluding hydrogens is 412 g/mol. The lowest BCUT2D eigenvalue weighted by molar-refractivity contribution is -0.115. The van der Waals surface area contributed by atoms with Gasteiger partial charge in [0, 0.05) is 18.1 Å². The molecule has 0 aliphatic heterocycles. The molecule has 0 unspecified atom stereocenters. The van der Waals surface area contributed by atoms with Crippen LogP contribution in [0.2, 0.25) is 0 Å². The molecule has 31 heavy (non-hydrogen) atoms. The van der Waals surface area contributed by atoms with E-state index in [1.54, 1.807) is 25.4 Å². The zero-order valence-corrected chi connectivity index (χ0v) is 17.6. The predicted molar refractivity (Wildman–Crippen MR) is 119 cm³/mol. The van der Waals surface area contributed by atoms with Crippen molar-refractivity contribution in [2.45, 2.75) is 24.0 Å². The van der Waals surface area contributed by atoms with Crippen molar-refractivity contribution in [3.05, 3.63) is 84.7 Å². The summed E-state index contributed by atoms with van der Waals surface area (Å²) in [6, 6.07) is 20.8. The van der Waals surface area contributed by atoms with Gasteiger partial charge in [0.05, 0.1) is 10.8 Å². The van der Waals surface area contributed by atoms with Gasteiger partial charge in [-0.25, -0.2) is 0 Å². The van der Waals surface area contributed by atoms with Gasteiger partial charge in [0.1, 0.15) is 12.4 Å². The molecule has 1 atom stereocenters. The highest BCUT2D eigenvalue weighted by Crippen LogP contribution is 2.26. The molecule has 156 valence electrons. The molecule has 2 heterocycles. The standard InChI is InChI=1S/C23H20N4O3S/c1-16(31-23-27-26-22(30-23)18-8-5-13-24-14-18)21(28)25-19-9-11-20(12-10-19)29-15-17-6-3-2-4-7-17/h2-14,16H,15H2,1H3,(H,25,28)/t16-/m1/s1. The number of hydrogen-bond donors (Lipinski definition) is 1. The first-order valence-electron chi connectivity index (χ1n) is 9.65. The van der Waals surface area contributed by atoms with E-state index in [1.165, 1.54) is 11.8 Å². The summed E-state index contributed by atoms with van der Waals surface area (Å²) in [5, 5.41) is 10.8. The molecule has 7 nitrogen and oxygen atoms in total. The van der Waals surface area contributed by atoms with Gasteiger partial charge in [-0.3, -0.25) is 9.78 Å². The number of rotatable bonds is 8. The van der Waals surface area contributed by atoms with E-state index in [4.69, 9.17) is 9.15 Å². The van der Waals surface area contributed by atoms with Gasteiger partial charge < -0.3 is 14.5 Å². The summed E-state index contributed by atoms with van der Waals surface area (Å²) in [5.41, 5.74) is 2.51. The Morgan fingerprint density at radius 2 is 1.87 bits per heavy atom. The van der Waals surface area contributed by atoms with E-state index >= 15 is 0 Å². The molecule has 1 N–H and O–H groups in total. The van der Waals surface area contributed by atoms with Crippen LogP contribution in [0.15, 0.2) is 88.8 Å². The van der Waals surface area contributed by atoms with E-state index in [0.29, 0.717) is 23.4 Å². The minimum Gasteiger partial charge on any atom is -0.489 e. The van der Waals surface area contributed by atoms with Crippen molar-refractivity contribution >= 4 is 23.4 Å². The second-order valence-corrected chi connectivity index (χ2v) is 7.95. The number of thioether (sulfide) groups is 1. The van der Waals surface area contributed by atoms with Crippen molar-refractivity contribution in [3.8, 4) is 17.2 Å². The zero-order chi connectivity index (χ0) is 21.5. The van der Waals surface area contributed by atoms with Gasteiger partial charge in [0.2, 0.25) is 11.8 Å². The Kier molecular flexibility index (Phi) is 6.59. The Labute approximate surface area is 183 Å². The summed E-state index contributed by atoms with van der Waals surface area (Å²) < 4.78 is 11.4. The summed E-state index contributed by atoms with van der Waals surface area (Å²) in [6.45, 7) is 2.27.